The molecule has 3 heterocycles. The molecule has 142 valence electrons. The molecule has 0 spiro atoms. The van der Waals surface area contributed by atoms with E-state index in [9.17, 15) is 4.79 Å². The number of hydrogen-bond donors (Lipinski definition) is 2. The van der Waals surface area contributed by atoms with E-state index in [1.54, 1.807) is 10.9 Å². The van der Waals surface area contributed by atoms with Gasteiger partial charge in [0.25, 0.3) is 0 Å². The van der Waals surface area contributed by atoms with Crippen molar-refractivity contribution in [3.05, 3.63) is 23.6 Å². The molecular formula is C17H21ClN8O. The lowest BCUT2D eigenvalue weighted by Crippen LogP contribution is -2.39. The minimum Gasteiger partial charge on any atom is -0.367 e. The average Bonchev–Trinajstić information content (AvgIpc) is 3.29. The van der Waals surface area contributed by atoms with Crippen molar-refractivity contribution in [1.29, 1.82) is 5.26 Å². The van der Waals surface area contributed by atoms with E-state index in [-0.39, 0.29) is 24.8 Å². The van der Waals surface area contributed by atoms with Crippen LogP contribution in [0.3, 0.4) is 0 Å². The van der Waals surface area contributed by atoms with Gasteiger partial charge in [-0.05, 0) is 12.8 Å². The summed E-state index contributed by atoms with van der Waals surface area (Å²) in [6.45, 7) is 1.27. The van der Waals surface area contributed by atoms with Crippen molar-refractivity contribution in [2.24, 2.45) is 7.05 Å². The van der Waals surface area contributed by atoms with Crippen molar-refractivity contribution in [3.63, 3.8) is 0 Å². The molecule has 2 N–H and O–H groups in total. The Morgan fingerprint density at radius 1 is 1.48 bits per heavy atom. The van der Waals surface area contributed by atoms with Crippen LogP contribution in [0.25, 0.3) is 0 Å². The Morgan fingerprint density at radius 2 is 2.33 bits per heavy atom. The number of anilines is 3. The average molecular weight is 389 g/mol. The number of aryl methyl sites for hydroxylation is 1. The second kappa shape index (κ2) is 8.68. The van der Waals surface area contributed by atoms with Crippen molar-refractivity contribution >= 4 is 35.0 Å². The van der Waals surface area contributed by atoms with E-state index in [0.29, 0.717) is 23.3 Å². The van der Waals surface area contributed by atoms with E-state index in [1.807, 2.05) is 24.2 Å². The van der Waals surface area contributed by atoms with E-state index in [4.69, 9.17) is 16.9 Å². The lowest BCUT2D eigenvalue weighted by Gasteiger charge is -2.25. The molecule has 3 rings (SSSR count). The Bertz CT molecular complexity index is 846. The fourth-order valence-corrected chi connectivity index (χ4v) is 3.22. The SMILES string of the molecule is Cn1cc(Nc2ncc(Cl)c(NC[C@@H]3CCCN3C(=O)CCC#N)n2)cn1. The highest BCUT2D eigenvalue weighted by molar-refractivity contribution is 6.32. The molecular weight excluding hydrogens is 368 g/mol. The van der Waals surface area contributed by atoms with E-state index in [0.717, 1.165) is 25.1 Å². The summed E-state index contributed by atoms with van der Waals surface area (Å²) in [7, 11) is 1.83. The summed E-state index contributed by atoms with van der Waals surface area (Å²) in [5.74, 6) is 0.936. The van der Waals surface area contributed by atoms with Crippen LogP contribution in [-0.2, 0) is 11.8 Å². The zero-order valence-electron chi connectivity index (χ0n) is 15.0. The Kier molecular flexibility index (Phi) is 6.08. The maximum Gasteiger partial charge on any atom is 0.229 e. The number of carbonyl (C=O) groups excluding carboxylic acids is 1. The third-order valence-corrected chi connectivity index (χ3v) is 4.64. The molecule has 1 aliphatic heterocycles. The highest BCUT2D eigenvalue weighted by Gasteiger charge is 2.28. The summed E-state index contributed by atoms with van der Waals surface area (Å²) in [6, 6.07) is 2.09. The molecule has 2 aromatic rings. The van der Waals surface area contributed by atoms with E-state index in [2.05, 4.69) is 25.7 Å². The van der Waals surface area contributed by atoms with Crippen LogP contribution in [0.5, 0.6) is 0 Å². The molecule has 1 aliphatic rings. The van der Waals surface area contributed by atoms with Crippen LogP contribution < -0.4 is 10.6 Å². The monoisotopic (exact) mass is 388 g/mol. The molecule has 0 saturated carbocycles. The van der Waals surface area contributed by atoms with Gasteiger partial charge >= 0.3 is 0 Å². The fraction of sp³-hybridized carbons (Fsp3) is 0.471. The number of nitrogens with zero attached hydrogens (tertiary/aromatic N) is 6. The molecule has 0 aliphatic carbocycles. The maximum absolute atomic E-state index is 12.2. The fourth-order valence-electron chi connectivity index (χ4n) is 3.06. The van der Waals surface area contributed by atoms with E-state index < -0.39 is 0 Å². The normalized spacial score (nSPS) is 16.2. The Balaban J connectivity index is 1.62. The van der Waals surface area contributed by atoms with Crippen molar-refractivity contribution < 1.29 is 4.79 Å². The summed E-state index contributed by atoms with van der Waals surface area (Å²) < 4.78 is 1.68. The Morgan fingerprint density at radius 3 is 3.07 bits per heavy atom. The molecule has 0 unspecified atom stereocenters. The van der Waals surface area contributed by atoms with Crippen molar-refractivity contribution in [1.82, 2.24) is 24.6 Å². The summed E-state index contributed by atoms with van der Waals surface area (Å²) in [5, 5.41) is 19.5. The van der Waals surface area contributed by atoms with Crippen molar-refractivity contribution in [2.45, 2.75) is 31.7 Å². The maximum atomic E-state index is 12.2. The van der Waals surface area contributed by atoms with Crippen molar-refractivity contribution in [3.8, 4) is 6.07 Å². The molecule has 9 nitrogen and oxygen atoms in total. The topological polar surface area (TPSA) is 112 Å². The molecule has 27 heavy (non-hydrogen) atoms. The minimum absolute atomic E-state index is 0.0218. The van der Waals surface area contributed by atoms with Gasteiger partial charge in [0.2, 0.25) is 11.9 Å². The number of rotatable bonds is 7. The van der Waals surface area contributed by atoms with Gasteiger partial charge in [0.05, 0.1) is 24.2 Å². The summed E-state index contributed by atoms with van der Waals surface area (Å²) >= 11 is 6.21. The van der Waals surface area contributed by atoms with Crippen LogP contribution in [0.4, 0.5) is 17.5 Å². The van der Waals surface area contributed by atoms with Gasteiger partial charge in [-0.1, -0.05) is 11.6 Å². The van der Waals surface area contributed by atoms with Crippen molar-refractivity contribution in [2.75, 3.05) is 23.7 Å². The number of halogens is 1. The molecule has 0 aromatic carbocycles. The standard InChI is InChI=1S/C17H21ClN8O/c1-25-11-12(8-22-25)23-17-21-10-14(18)16(24-17)20-9-13-4-3-7-26(13)15(27)5-2-6-19/h8,10-11,13H,2-5,7,9H2,1H3,(H2,20,21,23,24)/t13-/m0/s1. The number of hydrogen-bond acceptors (Lipinski definition) is 7. The summed E-state index contributed by atoms with van der Waals surface area (Å²) in [5.41, 5.74) is 0.774. The highest BCUT2D eigenvalue weighted by atomic mass is 35.5. The van der Waals surface area contributed by atoms with Crippen LogP contribution in [0.1, 0.15) is 25.7 Å². The molecule has 1 saturated heterocycles. The minimum atomic E-state index is 0.0218. The molecule has 1 fully saturated rings. The first kappa shape index (κ1) is 18.9. The largest absolute Gasteiger partial charge is 0.367 e. The zero-order valence-corrected chi connectivity index (χ0v) is 15.8. The number of likely N-dealkylation sites (tertiary alicyclic amines) is 1. The third-order valence-electron chi connectivity index (χ3n) is 4.36. The molecule has 0 radical (unpaired) electrons. The summed E-state index contributed by atoms with van der Waals surface area (Å²) in [6.07, 6.45) is 7.39. The predicted molar refractivity (Wildman–Crippen MR) is 102 cm³/mol. The zero-order chi connectivity index (χ0) is 19.2. The van der Waals surface area contributed by atoms with Gasteiger partial charge in [0.15, 0.2) is 5.82 Å². The van der Waals surface area contributed by atoms with Gasteiger partial charge in [-0.2, -0.15) is 15.3 Å². The quantitative estimate of drug-likeness (QED) is 0.748. The second-order valence-corrected chi connectivity index (χ2v) is 6.75. The van der Waals surface area contributed by atoms with Crippen LogP contribution in [-0.4, -0.2) is 49.7 Å². The van der Waals surface area contributed by atoms with Crippen LogP contribution in [0, 0.1) is 11.3 Å². The third kappa shape index (κ3) is 4.86. The van der Waals surface area contributed by atoms with Gasteiger partial charge in [-0.3, -0.25) is 9.48 Å². The number of nitrogens with one attached hydrogen (secondary N) is 2. The summed E-state index contributed by atoms with van der Waals surface area (Å²) in [4.78, 5) is 22.7. The molecule has 0 bridgehead atoms. The Hall–Kier alpha value is -2.86. The van der Waals surface area contributed by atoms with Gasteiger partial charge in [-0.15, -0.1) is 0 Å². The first-order chi connectivity index (χ1) is 13.1. The smallest absolute Gasteiger partial charge is 0.229 e. The first-order valence-corrected chi connectivity index (χ1v) is 9.13. The predicted octanol–water partition coefficient (Wildman–Crippen LogP) is 2.31. The molecule has 1 atom stereocenters. The molecule has 2 aromatic heterocycles. The number of carbonyl (C=O) groups is 1. The first-order valence-electron chi connectivity index (χ1n) is 8.75. The number of nitriles is 1. The number of amides is 1. The van der Waals surface area contributed by atoms with E-state index >= 15 is 0 Å². The van der Waals surface area contributed by atoms with Gasteiger partial charge < -0.3 is 15.5 Å². The molecule has 1 amide bonds. The Labute approximate surface area is 162 Å². The van der Waals surface area contributed by atoms with Gasteiger partial charge in [0.1, 0.15) is 5.02 Å². The second-order valence-electron chi connectivity index (χ2n) is 6.34. The van der Waals surface area contributed by atoms with Gasteiger partial charge in [0, 0.05) is 45.2 Å². The molecule has 10 heteroatoms. The highest BCUT2D eigenvalue weighted by Crippen LogP contribution is 2.23. The van der Waals surface area contributed by atoms with Gasteiger partial charge in [-0.25, -0.2) is 4.98 Å². The lowest BCUT2D eigenvalue weighted by atomic mass is 10.2. The van der Waals surface area contributed by atoms with Crippen LogP contribution >= 0.6 is 11.6 Å². The van der Waals surface area contributed by atoms with Crippen LogP contribution in [0.2, 0.25) is 5.02 Å². The van der Waals surface area contributed by atoms with Crippen LogP contribution in [0.15, 0.2) is 18.6 Å². The van der Waals surface area contributed by atoms with E-state index in [1.165, 1.54) is 6.20 Å². The number of aromatic nitrogens is 4. The lowest BCUT2D eigenvalue weighted by molar-refractivity contribution is -0.131.